The molecule has 0 bridgehead atoms. The van der Waals surface area contributed by atoms with E-state index in [2.05, 4.69) is 21.2 Å². The monoisotopic (exact) mass is 335 g/mol. The molecule has 2 aromatic carbocycles. The minimum atomic E-state index is -0.319. The molecule has 2 rings (SSSR count). The normalized spacial score (nSPS) is 10.3. The molecule has 4 nitrogen and oxygen atoms in total. The highest BCUT2D eigenvalue weighted by Crippen LogP contribution is 2.27. The van der Waals surface area contributed by atoms with Gasteiger partial charge >= 0.3 is 0 Å². The van der Waals surface area contributed by atoms with Crippen molar-refractivity contribution in [2.45, 2.75) is 13.8 Å². The highest BCUT2D eigenvalue weighted by atomic mass is 79.9. The van der Waals surface area contributed by atoms with Crippen LogP contribution >= 0.6 is 15.9 Å². The Bertz CT molecular complexity index is 683. The summed E-state index contributed by atoms with van der Waals surface area (Å²) in [5.41, 5.74) is 2.44. The molecule has 0 saturated heterocycles. The summed E-state index contributed by atoms with van der Waals surface area (Å²) in [5, 5.41) is 21.9. The van der Waals surface area contributed by atoms with Crippen molar-refractivity contribution in [2.24, 2.45) is 0 Å². The van der Waals surface area contributed by atoms with Crippen LogP contribution in [-0.2, 0) is 0 Å². The molecule has 20 heavy (non-hydrogen) atoms. The SMILES string of the molecule is Cc1cc(NC(=O)c2ccc(Br)c(O)c2)c(C)cc1O. The van der Waals surface area contributed by atoms with Crippen LogP contribution in [0, 0.1) is 13.8 Å². The van der Waals surface area contributed by atoms with Gasteiger partial charge in [-0.05, 0) is 71.2 Å². The van der Waals surface area contributed by atoms with Crippen LogP contribution in [0.15, 0.2) is 34.8 Å². The molecular formula is C15H14BrNO3. The Labute approximate surface area is 125 Å². The van der Waals surface area contributed by atoms with Crippen molar-refractivity contribution >= 4 is 27.5 Å². The van der Waals surface area contributed by atoms with E-state index in [1.165, 1.54) is 6.07 Å². The minimum Gasteiger partial charge on any atom is -0.508 e. The third-order valence-corrected chi connectivity index (χ3v) is 3.67. The number of amides is 1. The van der Waals surface area contributed by atoms with Gasteiger partial charge in [0.15, 0.2) is 0 Å². The van der Waals surface area contributed by atoms with Crippen LogP contribution in [0.25, 0.3) is 0 Å². The molecule has 1 amide bonds. The van der Waals surface area contributed by atoms with Crippen molar-refractivity contribution in [3.63, 3.8) is 0 Å². The van der Waals surface area contributed by atoms with E-state index in [0.29, 0.717) is 21.3 Å². The van der Waals surface area contributed by atoms with Gasteiger partial charge in [-0.15, -0.1) is 0 Å². The summed E-state index contributed by atoms with van der Waals surface area (Å²) in [4.78, 5) is 12.1. The summed E-state index contributed by atoms with van der Waals surface area (Å²) in [6.45, 7) is 3.56. The van der Waals surface area contributed by atoms with E-state index < -0.39 is 0 Å². The number of carbonyl (C=O) groups excluding carboxylic acids is 1. The number of carbonyl (C=O) groups is 1. The second-order valence-electron chi connectivity index (χ2n) is 4.57. The Morgan fingerprint density at radius 1 is 1.05 bits per heavy atom. The summed E-state index contributed by atoms with van der Waals surface area (Å²) in [5.74, 6) is -0.112. The number of nitrogens with one attached hydrogen (secondary N) is 1. The lowest BCUT2D eigenvalue weighted by molar-refractivity contribution is 0.102. The molecule has 5 heteroatoms. The highest BCUT2D eigenvalue weighted by molar-refractivity contribution is 9.10. The number of aromatic hydroxyl groups is 2. The van der Waals surface area contributed by atoms with Gasteiger partial charge in [-0.1, -0.05) is 0 Å². The molecule has 0 aromatic heterocycles. The zero-order valence-electron chi connectivity index (χ0n) is 11.1. The van der Waals surface area contributed by atoms with E-state index in [4.69, 9.17) is 0 Å². The predicted octanol–water partition coefficient (Wildman–Crippen LogP) is 3.73. The third kappa shape index (κ3) is 2.93. The van der Waals surface area contributed by atoms with Gasteiger partial charge < -0.3 is 15.5 Å². The van der Waals surface area contributed by atoms with Crippen molar-refractivity contribution in [1.29, 1.82) is 0 Å². The van der Waals surface area contributed by atoms with Crippen molar-refractivity contribution in [2.75, 3.05) is 5.32 Å². The number of benzene rings is 2. The first kappa shape index (κ1) is 14.4. The van der Waals surface area contributed by atoms with Crippen LogP contribution in [0.3, 0.4) is 0 Å². The maximum absolute atomic E-state index is 12.1. The lowest BCUT2D eigenvalue weighted by atomic mass is 10.1. The number of anilines is 1. The molecule has 104 valence electrons. The molecular weight excluding hydrogens is 322 g/mol. The second-order valence-corrected chi connectivity index (χ2v) is 5.43. The Morgan fingerprint density at radius 3 is 2.40 bits per heavy atom. The maximum atomic E-state index is 12.1. The van der Waals surface area contributed by atoms with Gasteiger partial charge in [0.2, 0.25) is 0 Å². The van der Waals surface area contributed by atoms with Crippen LogP contribution in [-0.4, -0.2) is 16.1 Å². The molecule has 3 N–H and O–H groups in total. The Morgan fingerprint density at radius 2 is 1.75 bits per heavy atom. The maximum Gasteiger partial charge on any atom is 0.255 e. The average Bonchev–Trinajstić information content (AvgIpc) is 2.39. The molecule has 0 spiro atoms. The summed E-state index contributed by atoms with van der Waals surface area (Å²) >= 11 is 3.16. The molecule has 0 heterocycles. The van der Waals surface area contributed by atoms with Crippen LogP contribution < -0.4 is 5.32 Å². The zero-order chi connectivity index (χ0) is 14.9. The van der Waals surface area contributed by atoms with E-state index in [-0.39, 0.29) is 17.4 Å². The fourth-order valence-electron chi connectivity index (χ4n) is 1.78. The van der Waals surface area contributed by atoms with E-state index >= 15 is 0 Å². The molecule has 0 radical (unpaired) electrons. The molecule has 0 aliphatic carbocycles. The zero-order valence-corrected chi connectivity index (χ0v) is 12.7. The van der Waals surface area contributed by atoms with E-state index in [9.17, 15) is 15.0 Å². The Kier molecular flexibility index (Phi) is 3.99. The number of phenols is 2. The lowest BCUT2D eigenvalue weighted by Crippen LogP contribution is -2.12. The first-order valence-corrected chi connectivity index (χ1v) is 6.78. The Hall–Kier alpha value is -2.01. The molecule has 0 aliphatic rings. The smallest absolute Gasteiger partial charge is 0.255 e. The van der Waals surface area contributed by atoms with Gasteiger partial charge in [-0.2, -0.15) is 0 Å². The average molecular weight is 336 g/mol. The van der Waals surface area contributed by atoms with E-state index in [1.54, 1.807) is 38.1 Å². The molecule has 2 aromatic rings. The van der Waals surface area contributed by atoms with E-state index in [0.717, 1.165) is 5.56 Å². The van der Waals surface area contributed by atoms with Gasteiger partial charge in [0, 0.05) is 11.3 Å². The predicted molar refractivity (Wildman–Crippen MR) is 81.3 cm³/mol. The quantitative estimate of drug-likeness (QED) is 0.732. The third-order valence-electron chi connectivity index (χ3n) is 3.00. The number of halogens is 1. The number of hydrogen-bond donors (Lipinski definition) is 3. The molecule has 0 aliphatic heterocycles. The lowest BCUT2D eigenvalue weighted by Gasteiger charge is -2.11. The van der Waals surface area contributed by atoms with Crippen LogP contribution in [0.2, 0.25) is 0 Å². The topological polar surface area (TPSA) is 69.6 Å². The van der Waals surface area contributed by atoms with Crippen molar-refractivity contribution in [3.8, 4) is 11.5 Å². The van der Waals surface area contributed by atoms with Crippen LogP contribution in [0.4, 0.5) is 5.69 Å². The fraction of sp³-hybridized carbons (Fsp3) is 0.133. The van der Waals surface area contributed by atoms with Gasteiger partial charge in [0.05, 0.1) is 4.47 Å². The minimum absolute atomic E-state index is 0.0104. The van der Waals surface area contributed by atoms with E-state index in [1.807, 2.05) is 0 Å². The van der Waals surface area contributed by atoms with Crippen LogP contribution in [0.1, 0.15) is 21.5 Å². The Balaban J connectivity index is 2.27. The van der Waals surface area contributed by atoms with Crippen molar-refractivity contribution in [1.82, 2.24) is 0 Å². The highest BCUT2D eigenvalue weighted by Gasteiger charge is 2.11. The summed E-state index contributed by atoms with van der Waals surface area (Å²) in [6, 6.07) is 7.92. The largest absolute Gasteiger partial charge is 0.508 e. The number of hydrogen-bond acceptors (Lipinski definition) is 3. The van der Waals surface area contributed by atoms with Crippen LogP contribution in [0.5, 0.6) is 11.5 Å². The summed E-state index contributed by atoms with van der Waals surface area (Å²) < 4.78 is 0.533. The number of phenolic OH excluding ortho intramolecular Hbond substituents is 2. The first-order chi connectivity index (χ1) is 9.38. The molecule has 0 unspecified atom stereocenters. The van der Waals surface area contributed by atoms with Gasteiger partial charge in [0.1, 0.15) is 11.5 Å². The molecule has 0 fully saturated rings. The molecule has 0 saturated carbocycles. The summed E-state index contributed by atoms with van der Waals surface area (Å²) in [6.07, 6.45) is 0. The number of aryl methyl sites for hydroxylation is 2. The standard InChI is InChI=1S/C15H14BrNO3/c1-8-6-13(18)9(2)5-12(8)17-15(20)10-3-4-11(16)14(19)7-10/h3-7,18-19H,1-2H3,(H,17,20). The second kappa shape index (κ2) is 5.54. The fourth-order valence-corrected chi connectivity index (χ4v) is 2.03. The first-order valence-electron chi connectivity index (χ1n) is 5.98. The number of rotatable bonds is 2. The van der Waals surface area contributed by atoms with Gasteiger partial charge in [-0.3, -0.25) is 4.79 Å². The summed E-state index contributed by atoms with van der Waals surface area (Å²) in [7, 11) is 0. The van der Waals surface area contributed by atoms with Gasteiger partial charge in [0.25, 0.3) is 5.91 Å². The van der Waals surface area contributed by atoms with Gasteiger partial charge in [-0.25, -0.2) is 0 Å². The van der Waals surface area contributed by atoms with Crippen molar-refractivity contribution < 1.29 is 15.0 Å². The molecule has 0 atom stereocenters. The van der Waals surface area contributed by atoms with Crippen molar-refractivity contribution in [3.05, 3.63) is 51.5 Å².